The minimum Gasteiger partial charge on any atom is -0.504 e. The van der Waals surface area contributed by atoms with Gasteiger partial charge in [-0.25, -0.2) is 4.79 Å². The minimum absolute atomic E-state index is 0.0257. The molecular formula is C24H40O5. The van der Waals surface area contributed by atoms with Gasteiger partial charge in [0, 0.05) is 0 Å². The largest absolute Gasteiger partial charge is 0.504 e. The Morgan fingerprint density at radius 3 is 1.62 bits per heavy atom. The second-order valence-electron chi connectivity index (χ2n) is 8.42. The van der Waals surface area contributed by atoms with Crippen LogP contribution < -0.4 is 0 Å². The van der Waals surface area contributed by atoms with Crippen LogP contribution in [0.3, 0.4) is 0 Å². The highest BCUT2D eigenvalue weighted by atomic mass is 16.5. The van der Waals surface area contributed by atoms with Gasteiger partial charge in [0.25, 0.3) is 0 Å². The second-order valence-corrected chi connectivity index (χ2v) is 8.42. The fourth-order valence-electron chi connectivity index (χ4n) is 3.39. The van der Waals surface area contributed by atoms with Crippen LogP contribution in [0.25, 0.3) is 0 Å². The fourth-order valence-corrected chi connectivity index (χ4v) is 3.39. The number of aromatic hydroxyl groups is 3. The van der Waals surface area contributed by atoms with E-state index in [1.807, 2.05) is 0 Å². The van der Waals surface area contributed by atoms with E-state index in [2.05, 4.69) is 13.8 Å². The molecule has 0 radical (unpaired) electrons. The van der Waals surface area contributed by atoms with Crippen molar-refractivity contribution in [3.05, 3.63) is 17.7 Å². The number of hydrogen-bond acceptors (Lipinski definition) is 5. The Bertz CT molecular complexity index is 560. The van der Waals surface area contributed by atoms with Crippen LogP contribution in [0, 0.1) is 5.92 Å². The van der Waals surface area contributed by atoms with E-state index in [0.717, 1.165) is 37.3 Å². The maximum atomic E-state index is 11.9. The molecule has 1 aromatic carbocycles. The molecule has 0 amide bonds. The monoisotopic (exact) mass is 408 g/mol. The number of phenols is 3. The van der Waals surface area contributed by atoms with Gasteiger partial charge in [-0.2, -0.15) is 0 Å². The maximum absolute atomic E-state index is 11.9. The summed E-state index contributed by atoms with van der Waals surface area (Å²) in [4.78, 5) is 11.9. The number of hydrogen-bond donors (Lipinski definition) is 3. The normalized spacial score (nSPS) is 11.1. The van der Waals surface area contributed by atoms with Gasteiger partial charge in [-0.1, -0.05) is 90.9 Å². The number of benzene rings is 1. The van der Waals surface area contributed by atoms with Gasteiger partial charge in [0.1, 0.15) is 0 Å². The summed E-state index contributed by atoms with van der Waals surface area (Å²) in [6.07, 6.45) is 16.4. The van der Waals surface area contributed by atoms with Crippen molar-refractivity contribution in [2.24, 2.45) is 5.92 Å². The molecule has 1 rings (SSSR count). The molecule has 5 heteroatoms. The number of carbonyl (C=O) groups excluding carboxylic acids is 1. The Labute approximate surface area is 176 Å². The van der Waals surface area contributed by atoms with Crippen LogP contribution in [0.4, 0.5) is 0 Å². The summed E-state index contributed by atoms with van der Waals surface area (Å²) in [5.74, 6) is -1.49. The lowest BCUT2D eigenvalue weighted by molar-refractivity contribution is 0.0496. The Balaban J connectivity index is 1.92. The SMILES string of the molecule is CC(C)CCCCCCCCCCCCCCOC(=O)c1cc(O)c(O)c(O)c1. The van der Waals surface area contributed by atoms with Crippen molar-refractivity contribution >= 4 is 5.97 Å². The number of phenolic OH excluding ortho intramolecular Hbond substituents is 3. The average molecular weight is 409 g/mol. The Hall–Kier alpha value is -1.91. The van der Waals surface area contributed by atoms with Gasteiger partial charge >= 0.3 is 5.97 Å². The molecule has 0 aliphatic heterocycles. The summed E-state index contributed by atoms with van der Waals surface area (Å²) >= 11 is 0. The van der Waals surface area contributed by atoms with Crippen molar-refractivity contribution < 1.29 is 24.9 Å². The summed E-state index contributed by atoms with van der Waals surface area (Å²) in [6, 6.07) is 2.17. The minimum atomic E-state index is -0.636. The van der Waals surface area contributed by atoms with Crippen LogP contribution in [0.15, 0.2) is 12.1 Å². The topological polar surface area (TPSA) is 87.0 Å². The molecule has 0 aromatic heterocycles. The second kappa shape index (κ2) is 15.0. The first-order valence-electron chi connectivity index (χ1n) is 11.3. The number of rotatable bonds is 16. The van der Waals surface area contributed by atoms with E-state index in [1.165, 1.54) is 64.2 Å². The lowest BCUT2D eigenvalue weighted by atomic mass is 10.0. The molecule has 0 saturated carbocycles. The van der Waals surface area contributed by atoms with Crippen molar-refractivity contribution in [3.63, 3.8) is 0 Å². The molecule has 0 bridgehead atoms. The van der Waals surface area contributed by atoms with Gasteiger partial charge in [0.2, 0.25) is 0 Å². The van der Waals surface area contributed by atoms with Crippen molar-refractivity contribution in [2.45, 2.75) is 97.3 Å². The van der Waals surface area contributed by atoms with Crippen LogP contribution in [-0.4, -0.2) is 27.9 Å². The lowest BCUT2D eigenvalue weighted by Gasteiger charge is -2.07. The van der Waals surface area contributed by atoms with Gasteiger partial charge in [-0.05, 0) is 24.5 Å². The standard InChI is InChI=1S/C24H40O5/c1-19(2)15-13-11-9-7-5-3-4-6-8-10-12-14-16-29-24(28)20-17-21(25)23(27)22(26)18-20/h17-19,25-27H,3-16H2,1-2H3. The van der Waals surface area contributed by atoms with Crippen LogP contribution in [0.2, 0.25) is 0 Å². The van der Waals surface area contributed by atoms with Crippen molar-refractivity contribution in [2.75, 3.05) is 6.61 Å². The maximum Gasteiger partial charge on any atom is 0.338 e. The van der Waals surface area contributed by atoms with Gasteiger partial charge in [0.05, 0.1) is 12.2 Å². The number of ether oxygens (including phenoxy) is 1. The lowest BCUT2D eigenvalue weighted by Crippen LogP contribution is -2.06. The molecule has 0 unspecified atom stereocenters. The molecule has 0 saturated heterocycles. The molecule has 0 atom stereocenters. The van der Waals surface area contributed by atoms with E-state index in [9.17, 15) is 20.1 Å². The van der Waals surface area contributed by atoms with E-state index < -0.39 is 23.2 Å². The number of carbonyl (C=O) groups is 1. The van der Waals surface area contributed by atoms with Crippen molar-refractivity contribution in [1.82, 2.24) is 0 Å². The van der Waals surface area contributed by atoms with Crippen LogP contribution >= 0.6 is 0 Å². The molecule has 0 heterocycles. The first-order chi connectivity index (χ1) is 13.9. The molecule has 166 valence electrons. The molecule has 3 N–H and O–H groups in total. The molecule has 1 aromatic rings. The highest BCUT2D eigenvalue weighted by Gasteiger charge is 2.14. The highest BCUT2D eigenvalue weighted by Crippen LogP contribution is 2.35. The Morgan fingerprint density at radius 1 is 0.759 bits per heavy atom. The van der Waals surface area contributed by atoms with E-state index in [0.29, 0.717) is 6.61 Å². The number of unbranched alkanes of at least 4 members (excludes halogenated alkanes) is 11. The van der Waals surface area contributed by atoms with Crippen molar-refractivity contribution in [3.8, 4) is 17.2 Å². The number of esters is 1. The van der Waals surface area contributed by atoms with Crippen molar-refractivity contribution in [1.29, 1.82) is 0 Å². The highest BCUT2D eigenvalue weighted by molar-refractivity contribution is 5.91. The van der Waals surface area contributed by atoms with Gasteiger partial charge in [0.15, 0.2) is 17.2 Å². The van der Waals surface area contributed by atoms with Crippen LogP contribution in [0.5, 0.6) is 17.2 Å². The molecular weight excluding hydrogens is 368 g/mol. The molecule has 0 fully saturated rings. The summed E-state index contributed by atoms with van der Waals surface area (Å²) in [5, 5.41) is 28.1. The first kappa shape index (κ1) is 25.1. The fraction of sp³-hybridized carbons (Fsp3) is 0.708. The zero-order valence-electron chi connectivity index (χ0n) is 18.3. The smallest absolute Gasteiger partial charge is 0.338 e. The molecule has 0 aliphatic rings. The summed E-state index contributed by atoms with van der Waals surface area (Å²) in [7, 11) is 0. The van der Waals surface area contributed by atoms with Crippen LogP contribution in [-0.2, 0) is 4.74 Å². The zero-order valence-corrected chi connectivity index (χ0v) is 18.3. The predicted octanol–water partition coefficient (Wildman–Crippen LogP) is 6.69. The summed E-state index contributed by atoms with van der Waals surface area (Å²) in [5.41, 5.74) is 0.0257. The quantitative estimate of drug-likeness (QED) is 0.161. The van der Waals surface area contributed by atoms with Gasteiger partial charge < -0.3 is 20.1 Å². The molecule has 5 nitrogen and oxygen atoms in total. The molecule has 29 heavy (non-hydrogen) atoms. The van der Waals surface area contributed by atoms with Gasteiger partial charge in [-0.15, -0.1) is 0 Å². The van der Waals surface area contributed by atoms with Crippen LogP contribution in [0.1, 0.15) is 108 Å². The molecule has 0 aliphatic carbocycles. The summed E-state index contributed by atoms with van der Waals surface area (Å²) in [6.45, 7) is 4.91. The Morgan fingerprint density at radius 2 is 1.17 bits per heavy atom. The average Bonchev–Trinajstić information content (AvgIpc) is 2.68. The third kappa shape index (κ3) is 11.6. The first-order valence-corrected chi connectivity index (χ1v) is 11.3. The Kier molecular flexibility index (Phi) is 13.0. The van der Waals surface area contributed by atoms with E-state index in [1.54, 1.807) is 0 Å². The summed E-state index contributed by atoms with van der Waals surface area (Å²) < 4.78 is 5.15. The molecule has 0 spiro atoms. The zero-order chi connectivity index (χ0) is 21.5. The van der Waals surface area contributed by atoms with E-state index in [-0.39, 0.29) is 5.56 Å². The predicted molar refractivity (Wildman–Crippen MR) is 117 cm³/mol. The van der Waals surface area contributed by atoms with Gasteiger partial charge in [-0.3, -0.25) is 0 Å². The third-order valence-corrected chi connectivity index (χ3v) is 5.21. The third-order valence-electron chi connectivity index (χ3n) is 5.21. The van der Waals surface area contributed by atoms with E-state index in [4.69, 9.17) is 4.74 Å². The van der Waals surface area contributed by atoms with E-state index >= 15 is 0 Å².